The zero-order valence-corrected chi connectivity index (χ0v) is 16.1. The summed E-state index contributed by atoms with van der Waals surface area (Å²) in [5.41, 5.74) is 7.10. The number of nitrogens with two attached hydrogens (primary N) is 1. The number of hydrogen-bond donors (Lipinski definition) is 2. The minimum atomic E-state index is 0.0821. The molecule has 2 fully saturated rings. The molecule has 2 bridgehead atoms. The number of nitrogens with one attached hydrogen (secondary N) is 1. The molecule has 5 nitrogen and oxygen atoms in total. The molecule has 2 unspecified atom stereocenters. The number of fused-ring (bicyclic) bond motifs is 2. The highest BCUT2D eigenvalue weighted by Crippen LogP contribution is 2.39. The maximum atomic E-state index is 12.5. The lowest BCUT2D eigenvalue weighted by molar-refractivity contribution is -0.123. The number of amides is 1. The summed E-state index contributed by atoms with van der Waals surface area (Å²) >= 11 is 5.91. The summed E-state index contributed by atoms with van der Waals surface area (Å²) in [7, 11) is 0. The zero-order valence-electron chi connectivity index (χ0n) is 15.4. The molecule has 0 radical (unpaired) electrons. The number of benzene rings is 1. The molecule has 2 aliphatic carbocycles. The second-order valence-corrected chi connectivity index (χ2v) is 8.34. The van der Waals surface area contributed by atoms with Crippen molar-refractivity contribution < 1.29 is 9.21 Å². The van der Waals surface area contributed by atoms with Crippen LogP contribution in [0.15, 0.2) is 34.9 Å². The molecule has 144 valence electrons. The third kappa shape index (κ3) is 4.36. The molecule has 0 saturated heterocycles. The molecule has 1 aromatic carbocycles. The molecule has 3 N–H and O–H groups in total. The van der Waals surface area contributed by atoms with E-state index < -0.39 is 0 Å². The number of halogens is 1. The molecular weight excluding hydrogens is 362 g/mol. The van der Waals surface area contributed by atoms with E-state index in [-0.39, 0.29) is 5.91 Å². The van der Waals surface area contributed by atoms with Gasteiger partial charge in [0, 0.05) is 35.5 Å². The fourth-order valence-electron chi connectivity index (χ4n) is 4.68. The van der Waals surface area contributed by atoms with Crippen molar-refractivity contribution in [2.75, 3.05) is 0 Å². The van der Waals surface area contributed by atoms with Crippen molar-refractivity contribution in [2.24, 2.45) is 17.6 Å². The van der Waals surface area contributed by atoms with Crippen LogP contribution in [0.4, 0.5) is 0 Å². The van der Waals surface area contributed by atoms with Gasteiger partial charge in [0.2, 0.25) is 5.91 Å². The van der Waals surface area contributed by atoms with Gasteiger partial charge in [0.05, 0.1) is 6.20 Å². The minimum Gasteiger partial charge on any atom is -0.441 e. The van der Waals surface area contributed by atoms with E-state index in [9.17, 15) is 4.79 Å². The van der Waals surface area contributed by atoms with Crippen LogP contribution in [0.25, 0.3) is 11.3 Å². The SMILES string of the molecule is NC1CC2CCCC(C1)C2NC(=O)CCc1ncc(-c2ccc(Cl)cc2)o1. The summed E-state index contributed by atoms with van der Waals surface area (Å²) in [6.07, 6.45) is 8.28. The van der Waals surface area contributed by atoms with Gasteiger partial charge in [-0.25, -0.2) is 4.98 Å². The van der Waals surface area contributed by atoms with Crippen LogP contribution >= 0.6 is 11.6 Å². The smallest absolute Gasteiger partial charge is 0.220 e. The molecule has 1 amide bonds. The van der Waals surface area contributed by atoms with Crippen molar-refractivity contribution in [3.05, 3.63) is 41.4 Å². The van der Waals surface area contributed by atoms with Gasteiger partial charge in [-0.05, 0) is 61.8 Å². The fourth-order valence-corrected chi connectivity index (χ4v) is 4.80. The maximum Gasteiger partial charge on any atom is 0.220 e. The average Bonchev–Trinajstić information content (AvgIpc) is 3.10. The molecule has 6 heteroatoms. The van der Waals surface area contributed by atoms with Crippen molar-refractivity contribution in [3.8, 4) is 11.3 Å². The first kappa shape index (κ1) is 18.5. The quantitative estimate of drug-likeness (QED) is 0.813. The van der Waals surface area contributed by atoms with Gasteiger partial charge in [0.25, 0.3) is 0 Å². The Kier molecular flexibility index (Phi) is 5.50. The number of hydrogen-bond acceptors (Lipinski definition) is 4. The predicted molar refractivity (Wildman–Crippen MR) is 105 cm³/mol. The lowest BCUT2D eigenvalue weighted by atomic mass is 9.67. The summed E-state index contributed by atoms with van der Waals surface area (Å²) in [6, 6.07) is 8.02. The topological polar surface area (TPSA) is 81.1 Å². The Hall–Kier alpha value is -1.85. The van der Waals surface area contributed by atoms with Crippen LogP contribution in [0.3, 0.4) is 0 Å². The van der Waals surface area contributed by atoms with Gasteiger partial charge in [0.15, 0.2) is 11.7 Å². The lowest BCUT2D eigenvalue weighted by Gasteiger charge is -2.45. The Balaban J connectivity index is 1.31. The Labute approximate surface area is 164 Å². The summed E-state index contributed by atoms with van der Waals surface area (Å²) in [4.78, 5) is 16.8. The van der Waals surface area contributed by atoms with Crippen molar-refractivity contribution in [2.45, 2.75) is 57.0 Å². The standard InChI is InChI=1S/C21H26ClN3O2/c22-16-6-4-13(5-7-16)18-12-24-20(27-18)9-8-19(26)25-21-14-2-1-3-15(21)11-17(23)10-14/h4-7,12,14-15,17,21H,1-3,8-11,23H2,(H,25,26). The first-order chi connectivity index (χ1) is 13.1. The summed E-state index contributed by atoms with van der Waals surface area (Å²) in [5.74, 6) is 2.43. The number of rotatable bonds is 5. The zero-order chi connectivity index (χ0) is 18.8. The van der Waals surface area contributed by atoms with Crippen molar-refractivity contribution in [3.63, 3.8) is 0 Å². The molecule has 1 heterocycles. The Morgan fingerprint density at radius 1 is 1.22 bits per heavy atom. The normalized spacial score (nSPS) is 27.3. The second kappa shape index (κ2) is 8.03. The van der Waals surface area contributed by atoms with Gasteiger partial charge in [-0.15, -0.1) is 0 Å². The highest BCUT2D eigenvalue weighted by Gasteiger charge is 2.39. The Morgan fingerprint density at radius 2 is 1.93 bits per heavy atom. The Bertz CT molecular complexity index is 775. The number of carbonyl (C=O) groups is 1. The predicted octanol–water partition coefficient (Wildman–Crippen LogP) is 3.95. The van der Waals surface area contributed by atoms with Gasteiger partial charge >= 0.3 is 0 Å². The van der Waals surface area contributed by atoms with E-state index in [1.165, 1.54) is 19.3 Å². The summed E-state index contributed by atoms with van der Waals surface area (Å²) in [6.45, 7) is 0. The molecule has 2 saturated carbocycles. The number of oxazole rings is 1. The van der Waals surface area contributed by atoms with Crippen LogP contribution < -0.4 is 11.1 Å². The van der Waals surface area contributed by atoms with E-state index in [0.717, 1.165) is 18.4 Å². The van der Waals surface area contributed by atoms with E-state index >= 15 is 0 Å². The number of aryl methyl sites for hydroxylation is 1. The van der Waals surface area contributed by atoms with Crippen molar-refractivity contribution >= 4 is 17.5 Å². The number of aromatic nitrogens is 1. The fraction of sp³-hybridized carbons (Fsp3) is 0.524. The van der Waals surface area contributed by atoms with E-state index in [1.54, 1.807) is 6.20 Å². The van der Waals surface area contributed by atoms with Gasteiger partial charge in [-0.2, -0.15) is 0 Å². The lowest BCUT2D eigenvalue weighted by Crippen LogP contribution is -2.53. The third-order valence-corrected chi connectivity index (χ3v) is 6.20. The highest BCUT2D eigenvalue weighted by molar-refractivity contribution is 6.30. The van der Waals surface area contributed by atoms with Crippen LogP contribution in [-0.2, 0) is 11.2 Å². The first-order valence-corrected chi connectivity index (χ1v) is 10.2. The van der Waals surface area contributed by atoms with E-state index in [4.69, 9.17) is 21.8 Å². The van der Waals surface area contributed by atoms with E-state index in [1.807, 2.05) is 24.3 Å². The van der Waals surface area contributed by atoms with E-state index in [2.05, 4.69) is 10.3 Å². The first-order valence-electron chi connectivity index (χ1n) is 9.84. The summed E-state index contributed by atoms with van der Waals surface area (Å²) < 4.78 is 5.79. The molecule has 27 heavy (non-hydrogen) atoms. The molecule has 2 aromatic rings. The van der Waals surface area contributed by atoms with Gasteiger partial charge in [0.1, 0.15) is 0 Å². The average molecular weight is 388 g/mol. The molecule has 0 spiro atoms. The third-order valence-electron chi connectivity index (χ3n) is 5.95. The van der Waals surface area contributed by atoms with Gasteiger partial charge < -0.3 is 15.5 Å². The van der Waals surface area contributed by atoms with Gasteiger partial charge in [-0.1, -0.05) is 18.0 Å². The second-order valence-electron chi connectivity index (χ2n) is 7.90. The van der Waals surface area contributed by atoms with Crippen LogP contribution in [0.1, 0.15) is 44.4 Å². The number of nitrogens with zero attached hydrogens (tertiary/aromatic N) is 1. The summed E-state index contributed by atoms with van der Waals surface area (Å²) in [5, 5.41) is 3.96. The Morgan fingerprint density at radius 3 is 2.63 bits per heavy atom. The van der Waals surface area contributed by atoms with E-state index in [0.29, 0.717) is 53.4 Å². The molecule has 2 aliphatic rings. The molecular formula is C21H26ClN3O2. The molecule has 2 atom stereocenters. The van der Waals surface area contributed by atoms with Gasteiger partial charge in [-0.3, -0.25) is 4.79 Å². The highest BCUT2D eigenvalue weighted by atomic mass is 35.5. The van der Waals surface area contributed by atoms with Crippen LogP contribution in [-0.4, -0.2) is 23.0 Å². The molecule has 4 rings (SSSR count). The largest absolute Gasteiger partial charge is 0.441 e. The van der Waals surface area contributed by atoms with Crippen molar-refractivity contribution in [1.82, 2.24) is 10.3 Å². The van der Waals surface area contributed by atoms with Crippen LogP contribution in [0, 0.1) is 11.8 Å². The molecule has 0 aliphatic heterocycles. The van der Waals surface area contributed by atoms with Crippen molar-refractivity contribution in [1.29, 1.82) is 0 Å². The monoisotopic (exact) mass is 387 g/mol. The van der Waals surface area contributed by atoms with Crippen LogP contribution in [0.2, 0.25) is 5.02 Å². The maximum absolute atomic E-state index is 12.5. The number of carbonyl (C=O) groups excluding carboxylic acids is 1. The molecule has 1 aromatic heterocycles. The minimum absolute atomic E-state index is 0.0821. The van der Waals surface area contributed by atoms with Crippen LogP contribution in [0.5, 0.6) is 0 Å².